The largest absolute Gasteiger partial charge is 0.370 e. The number of aromatic nitrogens is 2. The van der Waals surface area contributed by atoms with Crippen molar-refractivity contribution in [3.8, 4) is 0 Å². The van der Waals surface area contributed by atoms with Crippen molar-refractivity contribution in [3.05, 3.63) is 46.2 Å². The van der Waals surface area contributed by atoms with E-state index in [1.54, 1.807) is 0 Å². The topological polar surface area (TPSA) is 49.8 Å². The lowest BCUT2D eigenvalue weighted by atomic mass is 10.2. The van der Waals surface area contributed by atoms with Crippen LogP contribution in [0.25, 0.3) is 0 Å². The van der Waals surface area contributed by atoms with Gasteiger partial charge in [0, 0.05) is 29.5 Å². The molecule has 1 heterocycles. The van der Waals surface area contributed by atoms with Gasteiger partial charge >= 0.3 is 0 Å². The van der Waals surface area contributed by atoms with Gasteiger partial charge in [0.15, 0.2) is 0 Å². The first-order valence-electron chi connectivity index (χ1n) is 7.36. The number of hydrogen-bond donors (Lipinski definition) is 2. The minimum atomic E-state index is 0.551. The molecule has 1 aromatic heterocycles. The molecule has 21 heavy (non-hydrogen) atoms. The van der Waals surface area contributed by atoms with Crippen LogP contribution < -0.4 is 10.6 Å². The van der Waals surface area contributed by atoms with Crippen LogP contribution in [0.4, 0.5) is 11.6 Å². The minimum absolute atomic E-state index is 0.551. The van der Waals surface area contributed by atoms with E-state index in [4.69, 9.17) is 0 Å². The number of rotatable bonds is 6. The summed E-state index contributed by atoms with van der Waals surface area (Å²) in [4.78, 5) is 9.23. The molecule has 0 saturated heterocycles. The molecule has 0 atom stereocenters. The molecule has 1 saturated carbocycles. The fourth-order valence-corrected chi connectivity index (χ4v) is 2.64. The van der Waals surface area contributed by atoms with Gasteiger partial charge in [-0.1, -0.05) is 28.1 Å². The van der Waals surface area contributed by atoms with Crippen LogP contribution >= 0.6 is 15.9 Å². The van der Waals surface area contributed by atoms with Crippen LogP contribution in [0.5, 0.6) is 0 Å². The van der Waals surface area contributed by atoms with Gasteiger partial charge in [0.05, 0.1) is 0 Å². The summed E-state index contributed by atoms with van der Waals surface area (Å²) in [6.45, 7) is 3.70. The van der Waals surface area contributed by atoms with E-state index in [0.29, 0.717) is 5.92 Å². The third kappa shape index (κ3) is 3.94. The Hall–Kier alpha value is -1.62. The number of benzene rings is 1. The predicted octanol–water partition coefficient (Wildman–Crippen LogP) is 4.16. The first-order chi connectivity index (χ1) is 10.2. The van der Waals surface area contributed by atoms with E-state index in [1.807, 2.05) is 18.2 Å². The van der Waals surface area contributed by atoms with E-state index < -0.39 is 0 Å². The van der Waals surface area contributed by atoms with E-state index in [2.05, 4.69) is 55.6 Å². The zero-order chi connectivity index (χ0) is 14.7. The molecule has 1 aliphatic rings. The Morgan fingerprint density at radius 3 is 2.57 bits per heavy atom. The Bertz CT molecular complexity index is 625. The third-order valence-electron chi connectivity index (χ3n) is 3.41. The van der Waals surface area contributed by atoms with E-state index in [1.165, 1.54) is 18.4 Å². The lowest BCUT2D eigenvalue weighted by Gasteiger charge is -2.10. The molecule has 0 unspecified atom stereocenters. The van der Waals surface area contributed by atoms with E-state index in [9.17, 15) is 0 Å². The van der Waals surface area contributed by atoms with Gasteiger partial charge in [-0.3, -0.25) is 0 Å². The highest BCUT2D eigenvalue weighted by atomic mass is 79.9. The van der Waals surface area contributed by atoms with Crippen molar-refractivity contribution in [2.24, 2.45) is 0 Å². The van der Waals surface area contributed by atoms with Crippen molar-refractivity contribution in [1.82, 2.24) is 9.97 Å². The minimum Gasteiger partial charge on any atom is -0.370 e. The van der Waals surface area contributed by atoms with Crippen LogP contribution in [-0.4, -0.2) is 16.5 Å². The fraction of sp³-hybridized carbons (Fsp3) is 0.375. The molecule has 0 amide bonds. The lowest BCUT2D eigenvalue weighted by Crippen LogP contribution is -2.07. The molecule has 0 radical (unpaired) electrons. The summed E-state index contributed by atoms with van der Waals surface area (Å²) in [5.74, 6) is 3.31. The van der Waals surface area contributed by atoms with E-state index >= 15 is 0 Å². The maximum Gasteiger partial charge on any atom is 0.136 e. The molecule has 1 aromatic carbocycles. The first kappa shape index (κ1) is 14.3. The first-order valence-corrected chi connectivity index (χ1v) is 8.15. The summed E-state index contributed by atoms with van der Waals surface area (Å²) in [5.41, 5.74) is 1.22. The molecule has 2 N–H and O–H groups in total. The van der Waals surface area contributed by atoms with Crippen molar-refractivity contribution in [3.63, 3.8) is 0 Å². The van der Waals surface area contributed by atoms with Gasteiger partial charge < -0.3 is 10.6 Å². The Morgan fingerprint density at radius 2 is 1.90 bits per heavy atom. The van der Waals surface area contributed by atoms with Crippen LogP contribution in [0.2, 0.25) is 0 Å². The predicted molar refractivity (Wildman–Crippen MR) is 89.6 cm³/mol. The summed E-state index contributed by atoms with van der Waals surface area (Å²) in [6.07, 6.45) is 2.42. The van der Waals surface area contributed by atoms with Crippen LogP contribution in [0.15, 0.2) is 34.8 Å². The summed E-state index contributed by atoms with van der Waals surface area (Å²) in [7, 11) is 0. The number of nitrogens with zero attached hydrogens (tertiary/aromatic N) is 2. The van der Waals surface area contributed by atoms with Gasteiger partial charge in [-0.25, -0.2) is 9.97 Å². The molecule has 2 aromatic rings. The number of anilines is 2. The second-order valence-electron chi connectivity index (χ2n) is 5.28. The van der Waals surface area contributed by atoms with Gasteiger partial charge in [-0.05, 0) is 37.5 Å². The van der Waals surface area contributed by atoms with Crippen LogP contribution in [0.3, 0.4) is 0 Å². The third-order valence-corrected chi connectivity index (χ3v) is 3.90. The van der Waals surface area contributed by atoms with Crippen molar-refractivity contribution in [2.45, 2.75) is 32.2 Å². The monoisotopic (exact) mass is 346 g/mol. The number of nitrogens with one attached hydrogen (secondary N) is 2. The number of halogens is 1. The van der Waals surface area contributed by atoms with Crippen LogP contribution in [0.1, 0.15) is 37.1 Å². The van der Waals surface area contributed by atoms with Gasteiger partial charge in [-0.2, -0.15) is 0 Å². The normalized spacial score (nSPS) is 14.0. The van der Waals surface area contributed by atoms with Crippen molar-refractivity contribution in [2.75, 3.05) is 17.2 Å². The van der Waals surface area contributed by atoms with Crippen molar-refractivity contribution >= 4 is 27.6 Å². The maximum absolute atomic E-state index is 4.64. The zero-order valence-electron chi connectivity index (χ0n) is 12.1. The molecule has 0 bridgehead atoms. The van der Waals surface area contributed by atoms with Gasteiger partial charge in [0.2, 0.25) is 0 Å². The molecule has 5 heteroatoms. The SMILES string of the molecule is CCNc1cc(NCc2cccc(Br)c2)nc(C2CC2)n1. The highest BCUT2D eigenvalue weighted by Gasteiger charge is 2.27. The summed E-state index contributed by atoms with van der Waals surface area (Å²) in [6, 6.07) is 10.3. The van der Waals surface area contributed by atoms with Gasteiger partial charge in [0.25, 0.3) is 0 Å². The molecule has 110 valence electrons. The quantitative estimate of drug-likeness (QED) is 0.824. The molecule has 1 fully saturated rings. The van der Waals surface area contributed by atoms with Crippen molar-refractivity contribution < 1.29 is 0 Å². The Labute approximate surface area is 133 Å². The smallest absolute Gasteiger partial charge is 0.136 e. The standard InChI is InChI=1S/C16H19BrN4/c1-2-18-14-9-15(21-16(20-14)12-6-7-12)19-10-11-4-3-5-13(17)8-11/h3-5,8-9,12H,2,6-7,10H2,1H3,(H2,18,19,20,21). The summed E-state index contributed by atoms with van der Waals surface area (Å²) >= 11 is 3.50. The van der Waals surface area contributed by atoms with Crippen LogP contribution in [-0.2, 0) is 6.54 Å². The van der Waals surface area contributed by atoms with Crippen molar-refractivity contribution in [1.29, 1.82) is 0 Å². The van der Waals surface area contributed by atoms with Crippen LogP contribution in [0, 0.1) is 0 Å². The molecule has 0 aliphatic heterocycles. The summed E-state index contributed by atoms with van der Waals surface area (Å²) < 4.78 is 1.09. The lowest BCUT2D eigenvalue weighted by molar-refractivity contribution is 0.918. The highest BCUT2D eigenvalue weighted by Crippen LogP contribution is 2.38. The molecular formula is C16H19BrN4. The Morgan fingerprint density at radius 1 is 1.14 bits per heavy atom. The second kappa shape index (κ2) is 6.43. The highest BCUT2D eigenvalue weighted by molar-refractivity contribution is 9.10. The molecular weight excluding hydrogens is 328 g/mol. The zero-order valence-corrected chi connectivity index (χ0v) is 13.7. The fourth-order valence-electron chi connectivity index (χ4n) is 2.19. The average Bonchev–Trinajstić information content (AvgIpc) is 3.30. The van der Waals surface area contributed by atoms with E-state index in [0.717, 1.165) is 35.0 Å². The van der Waals surface area contributed by atoms with Gasteiger partial charge in [0.1, 0.15) is 17.5 Å². The summed E-state index contributed by atoms with van der Waals surface area (Å²) in [5, 5.41) is 6.68. The second-order valence-corrected chi connectivity index (χ2v) is 6.20. The molecule has 0 spiro atoms. The Kier molecular flexibility index (Phi) is 4.39. The Balaban J connectivity index is 1.74. The molecule has 1 aliphatic carbocycles. The molecule has 3 rings (SSSR count). The average molecular weight is 347 g/mol. The van der Waals surface area contributed by atoms with Gasteiger partial charge in [-0.15, -0.1) is 0 Å². The molecule has 4 nitrogen and oxygen atoms in total. The maximum atomic E-state index is 4.64. The number of hydrogen-bond acceptors (Lipinski definition) is 4. The van der Waals surface area contributed by atoms with E-state index in [-0.39, 0.29) is 0 Å².